The summed E-state index contributed by atoms with van der Waals surface area (Å²) in [5, 5.41) is 38.6. The van der Waals surface area contributed by atoms with Gasteiger partial charge in [0.1, 0.15) is 0 Å². The van der Waals surface area contributed by atoms with Gasteiger partial charge in [0.25, 0.3) is 0 Å². The summed E-state index contributed by atoms with van der Waals surface area (Å²) in [5.74, 6) is -2.69. The molecule has 1 heterocycles. The third-order valence-corrected chi connectivity index (χ3v) is 2.09. The summed E-state index contributed by atoms with van der Waals surface area (Å²) in [4.78, 5) is 23.9. The maximum atomic E-state index is 11.0. The number of methoxy groups -OCH3 is 1. The van der Waals surface area contributed by atoms with Gasteiger partial charge in [-0.05, 0) is 22.0 Å². The summed E-state index contributed by atoms with van der Waals surface area (Å²) in [6, 6.07) is 1.97. The first-order valence-corrected chi connectivity index (χ1v) is 4.66. The van der Waals surface area contributed by atoms with Crippen molar-refractivity contribution >= 4 is 11.8 Å². The summed E-state index contributed by atoms with van der Waals surface area (Å²) in [5.41, 5.74) is -0.336. The summed E-state index contributed by atoms with van der Waals surface area (Å²) in [6.45, 7) is 0. The standard InChI is InChI=1S/C9H10N2O7/c1-18-9(15)7(14)6(13)4-2-3-5(12)8(10-4)11(16)17/h2-3,6-7,12-14H,1H3. The summed E-state index contributed by atoms with van der Waals surface area (Å²) >= 11 is 0. The fourth-order valence-electron chi connectivity index (χ4n) is 1.17. The number of hydrogen-bond donors (Lipinski definition) is 3. The minimum absolute atomic E-state index is 0.336. The number of carbonyl (C=O) groups excluding carboxylic acids is 1. The molecular formula is C9H10N2O7. The normalized spacial score (nSPS) is 13.7. The molecule has 0 saturated carbocycles. The molecule has 0 saturated heterocycles. The first-order chi connectivity index (χ1) is 8.38. The SMILES string of the molecule is COC(=O)C(O)C(O)c1ccc(O)c([N+](=O)[O-])n1. The van der Waals surface area contributed by atoms with Crippen molar-refractivity contribution < 1.29 is 29.8 Å². The second-order valence-electron chi connectivity index (χ2n) is 3.25. The van der Waals surface area contributed by atoms with Gasteiger partial charge < -0.3 is 30.2 Å². The van der Waals surface area contributed by atoms with E-state index < -0.39 is 34.7 Å². The lowest BCUT2D eigenvalue weighted by molar-refractivity contribution is -0.390. The highest BCUT2D eigenvalue weighted by Crippen LogP contribution is 2.26. The highest BCUT2D eigenvalue weighted by molar-refractivity contribution is 5.75. The van der Waals surface area contributed by atoms with Crippen LogP contribution in [0.15, 0.2) is 12.1 Å². The molecule has 98 valence electrons. The number of nitro groups is 1. The predicted molar refractivity (Wildman–Crippen MR) is 55.5 cm³/mol. The number of hydrogen-bond acceptors (Lipinski definition) is 8. The number of nitrogens with zero attached hydrogens (tertiary/aromatic N) is 2. The highest BCUT2D eigenvalue weighted by atomic mass is 16.6. The van der Waals surface area contributed by atoms with E-state index in [9.17, 15) is 25.1 Å². The molecule has 0 aliphatic carbocycles. The number of aliphatic hydroxyl groups excluding tert-OH is 2. The van der Waals surface area contributed by atoms with E-state index in [-0.39, 0.29) is 5.69 Å². The Morgan fingerprint density at radius 2 is 2.11 bits per heavy atom. The molecule has 9 nitrogen and oxygen atoms in total. The van der Waals surface area contributed by atoms with E-state index in [0.717, 1.165) is 19.2 Å². The lowest BCUT2D eigenvalue weighted by Crippen LogP contribution is -2.29. The van der Waals surface area contributed by atoms with Crippen LogP contribution in [0.2, 0.25) is 0 Å². The molecule has 1 aromatic heterocycles. The van der Waals surface area contributed by atoms with Crippen LogP contribution in [0.3, 0.4) is 0 Å². The van der Waals surface area contributed by atoms with Crippen molar-refractivity contribution in [2.24, 2.45) is 0 Å². The molecule has 1 aromatic rings. The van der Waals surface area contributed by atoms with Crippen LogP contribution in [0.1, 0.15) is 11.8 Å². The number of aliphatic hydroxyl groups is 2. The fraction of sp³-hybridized carbons (Fsp3) is 0.333. The number of rotatable bonds is 4. The van der Waals surface area contributed by atoms with Gasteiger partial charge in [0.2, 0.25) is 5.75 Å². The van der Waals surface area contributed by atoms with Crippen molar-refractivity contribution in [1.29, 1.82) is 0 Å². The summed E-state index contributed by atoms with van der Waals surface area (Å²) in [7, 11) is 1.00. The van der Waals surface area contributed by atoms with E-state index in [2.05, 4.69) is 9.72 Å². The van der Waals surface area contributed by atoms with Crippen LogP contribution in [0.25, 0.3) is 0 Å². The van der Waals surface area contributed by atoms with Crippen molar-refractivity contribution in [3.8, 4) is 5.75 Å². The lowest BCUT2D eigenvalue weighted by atomic mass is 10.1. The van der Waals surface area contributed by atoms with Crippen molar-refractivity contribution in [3.63, 3.8) is 0 Å². The minimum Gasteiger partial charge on any atom is -0.501 e. The topological polar surface area (TPSA) is 143 Å². The molecule has 2 atom stereocenters. The van der Waals surface area contributed by atoms with E-state index in [1.165, 1.54) is 0 Å². The van der Waals surface area contributed by atoms with E-state index >= 15 is 0 Å². The number of ether oxygens (including phenoxy) is 1. The Balaban J connectivity index is 3.07. The second kappa shape index (κ2) is 5.38. The number of aromatic nitrogens is 1. The molecule has 18 heavy (non-hydrogen) atoms. The summed E-state index contributed by atoms with van der Waals surface area (Å²) < 4.78 is 4.20. The molecule has 0 spiro atoms. The zero-order valence-electron chi connectivity index (χ0n) is 9.18. The third kappa shape index (κ3) is 2.70. The average Bonchev–Trinajstić information content (AvgIpc) is 2.36. The van der Waals surface area contributed by atoms with Crippen LogP contribution in [-0.2, 0) is 9.53 Å². The van der Waals surface area contributed by atoms with Crippen molar-refractivity contribution in [3.05, 3.63) is 27.9 Å². The van der Waals surface area contributed by atoms with Gasteiger partial charge in [0.05, 0.1) is 7.11 Å². The van der Waals surface area contributed by atoms with Crippen LogP contribution in [-0.4, -0.2) is 44.4 Å². The molecule has 1 rings (SSSR count). The summed E-state index contributed by atoms with van der Waals surface area (Å²) in [6.07, 6.45) is -3.72. The van der Waals surface area contributed by atoms with Gasteiger partial charge in [-0.15, -0.1) is 0 Å². The van der Waals surface area contributed by atoms with Crippen LogP contribution >= 0.6 is 0 Å². The monoisotopic (exact) mass is 258 g/mol. The van der Waals surface area contributed by atoms with Crippen molar-refractivity contribution in [2.75, 3.05) is 7.11 Å². The Hall–Kier alpha value is -2.26. The highest BCUT2D eigenvalue weighted by Gasteiger charge is 2.31. The Labute approximate surface area is 100 Å². The third-order valence-electron chi connectivity index (χ3n) is 2.09. The molecule has 0 aliphatic rings. The molecule has 3 N–H and O–H groups in total. The Bertz CT molecular complexity index is 476. The quantitative estimate of drug-likeness (QED) is 0.364. The number of aromatic hydroxyl groups is 1. The van der Waals surface area contributed by atoms with Gasteiger partial charge in [-0.3, -0.25) is 0 Å². The van der Waals surface area contributed by atoms with Crippen molar-refractivity contribution in [2.45, 2.75) is 12.2 Å². The molecule has 0 aromatic carbocycles. The molecule has 9 heteroatoms. The number of pyridine rings is 1. The maximum Gasteiger partial charge on any atom is 0.406 e. The Morgan fingerprint density at radius 3 is 2.61 bits per heavy atom. The zero-order valence-corrected chi connectivity index (χ0v) is 9.18. The molecule has 0 bridgehead atoms. The average molecular weight is 258 g/mol. The smallest absolute Gasteiger partial charge is 0.406 e. The molecule has 0 aliphatic heterocycles. The molecule has 2 unspecified atom stereocenters. The second-order valence-corrected chi connectivity index (χ2v) is 3.25. The van der Waals surface area contributed by atoms with Crippen LogP contribution < -0.4 is 0 Å². The van der Waals surface area contributed by atoms with Crippen LogP contribution in [0, 0.1) is 10.1 Å². The van der Waals surface area contributed by atoms with Gasteiger partial charge in [0, 0.05) is 0 Å². The van der Waals surface area contributed by atoms with Gasteiger partial charge in [0.15, 0.2) is 17.9 Å². The number of esters is 1. The Morgan fingerprint density at radius 1 is 1.50 bits per heavy atom. The van der Waals surface area contributed by atoms with Crippen molar-refractivity contribution in [1.82, 2.24) is 4.98 Å². The molecule has 0 radical (unpaired) electrons. The van der Waals surface area contributed by atoms with Crippen LogP contribution in [0.5, 0.6) is 5.75 Å². The molecular weight excluding hydrogens is 248 g/mol. The van der Waals surface area contributed by atoms with Gasteiger partial charge in [-0.1, -0.05) is 0 Å². The molecule has 0 fully saturated rings. The van der Waals surface area contributed by atoms with E-state index in [0.29, 0.717) is 0 Å². The fourth-order valence-corrected chi connectivity index (χ4v) is 1.17. The maximum absolute atomic E-state index is 11.0. The first kappa shape index (κ1) is 13.8. The van der Waals surface area contributed by atoms with Gasteiger partial charge in [-0.25, -0.2) is 4.79 Å². The minimum atomic E-state index is -1.92. The number of carbonyl (C=O) groups is 1. The first-order valence-electron chi connectivity index (χ1n) is 4.66. The largest absolute Gasteiger partial charge is 0.501 e. The van der Waals surface area contributed by atoms with Crippen LogP contribution in [0.4, 0.5) is 5.82 Å². The van der Waals surface area contributed by atoms with E-state index in [1.54, 1.807) is 0 Å². The van der Waals surface area contributed by atoms with Gasteiger partial charge >= 0.3 is 11.8 Å². The van der Waals surface area contributed by atoms with E-state index in [4.69, 9.17) is 5.11 Å². The van der Waals surface area contributed by atoms with E-state index in [1.807, 2.05) is 0 Å². The zero-order chi connectivity index (χ0) is 13.9. The Kier molecular flexibility index (Phi) is 4.13. The predicted octanol–water partition coefficient (Wildman–Crippen LogP) is -0.737. The molecule has 0 amide bonds. The van der Waals surface area contributed by atoms with Gasteiger partial charge in [-0.2, -0.15) is 0 Å². The lowest BCUT2D eigenvalue weighted by Gasteiger charge is -2.12.